The number of hydrogen-bond donors (Lipinski definition) is 3. The largest absolute Gasteiger partial charge is 0.304 e. The molecular weight excluding hydrogens is 130 g/mol. The van der Waals surface area contributed by atoms with Crippen LogP contribution in [0, 0.1) is 0 Å². The Hall–Kier alpha value is -0.610. The minimum atomic E-state index is -0.218. The number of carbonyl (C=O) groups excluding carboxylic acids is 1. The smallest absolute Gasteiger partial charge is 0.250 e. The van der Waals surface area contributed by atoms with Gasteiger partial charge in [0.2, 0.25) is 0 Å². The molecule has 0 aromatic rings. The van der Waals surface area contributed by atoms with E-state index in [0.717, 1.165) is 0 Å². The third kappa shape index (κ3) is 3.42. The molecule has 0 aliphatic heterocycles. The van der Waals surface area contributed by atoms with Crippen molar-refractivity contribution >= 4 is 5.91 Å². The first-order chi connectivity index (χ1) is 4.57. The predicted molar refractivity (Wildman–Crippen MR) is 40.1 cm³/mol. The van der Waals surface area contributed by atoms with Crippen LogP contribution in [0.2, 0.25) is 0 Å². The van der Waals surface area contributed by atoms with E-state index in [4.69, 9.17) is 5.84 Å². The van der Waals surface area contributed by atoms with Crippen molar-refractivity contribution in [3.05, 3.63) is 0 Å². The van der Waals surface area contributed by atoms with Gasteiger partial charge in [0.1, 0.15) is 0 Å². The van der Waals surface area contributed by atoms with Crippen molar-refractivity contribution in [2.45, 2.75) is 32.9 Å². The number of carbonyl (C=O) groups is 1. The molecule has 0 bridgehead atoms. The zero-order chi connectivity index (χ0) is 8.15. The number of nitrogens with one attached hydrogen (secondary N) is 2. The standard InChI is InChI=1S/C6H15N3O/c1-4(2)8-5(3)6(10)9-7/h4-5,8H,7H2,1-3H3,(H,9,10). The van der Waals surface area contributed by atoms with Gasteiger partial charge in [-0.15, -0.1) is 0 Å². The monoisotopic (exact) mass is 145 g/mol. The normalized spacial score (nSPS) is 13.3. The number of hydrazine groups is 1. The Morgan fingerprint density at radius 2 is 1.90 bits per heavy atom. The Balaban J connectivity index is 3.61. The molecular formula is C6H15N3O. The SMILES string of the molecule is CC(C)NC(C)C(=O)NN. The Labute approximate surface area is 61.1 Å². The van der Waals surface area contributed by atoms with Gasteiger partial charge in [-0.05, 0) is 6.92 Å². The van der Waals surface area contributed by atoms with Crippen LogP contribution in [-0.2, 0) is 4.79 Å². The summed E-state index contributed by atoms with van der Waals surface area (Å²) in [6.07, 6.45) is 0. The summed E-state index contributed by atoms with van der Waals surface area (Å²) < 4.78 is 0. The van der Waals surface area contributed by atoms with Crippen molar-refractivity contribution in [3.63, 3.8) is 0 Å². The molecule has 1 unspecified atom stereocenters. The third-order valence-electron chi connectivity index (χ3n) is 1.12. The second-order valence-corrected chi connectivity index (χ2v) is 2.55. The average Bonchev–Trinajstić information content (AvgIpc) is 1.85. The van der Waals surface area contributed by atoms with E-state index < -0.39 is 0 Å². The quantitative estimate of drug-likeness (QED) is 0.281. The summed E-state index contributed by atoms with van der Waals surface area (Å²) in [4.78, 5) is 10.7. The summed E-state index contributed by atoms with van der Waals surface area (Å²) in [5, 5.41) is 3.00. The predicted octanol–water partition coefficient (Wildman–Crippen LogP) is -0.637. The topological polar surface area (TPSA) is 67.2 Å². The Morgan fingerprint density at radius 1 is 1.40 bits per heavy atom. The zero-order valence-electron chi connectivity index (χ0n) is 6.64. The van der Waals surface area contributed by atoms with Gasteiger partial charge in [0, 0.05) is 6.04 Å². The highest BCUT2D eigenvalue weighted by Crippen LogP contribution is 1.84. The molecule has 60 valence electrons. The lowest BCUT2D eigenvalue weighted by Crippen LogP contribution is -2.47. The number of rotatable bonds is 3. The van der Waals surface area contributed by atoms with Gasteiger partial charge in [0.25, 0.3) is 5.91 Å². The van der Waals surface area contributed by atoms with Crippen LogP contribution in [0.1, 0.15) is 20.8 Å². The lowest BCUT2D eigenvalue weighted by Gasteiger charge is -2.14. The van der Waals surface area contributed by atoms with Gasteiger partial charge in [-0.3, -0.25) is 10.2 Å². The maximum Gasteiger partial charge on any atom is 0.250 e. The first kappa shape index (κ1) is 9.39. The third-order valence-corrected chi connectivity index (χ3v) is 1.12. The molecule has 1 atom stereocenters. The van der Waals surface area contributed by atoms with Gasteiger partial charge < -0.3 is 5.32 Å². The van der Waals surface area contributed by atoms with Crippen molar-refractivity contribution in [1.82, 2.24) is 10.7 Å². The van der Waals surface area contributed by atoms with E-state index in [9.17, 15) is 4.79 Å². The molecule has 0 aromatic heterocycles. The van der Waals surface area contributed by atoms with Crippen LogP contribution in [0.3, 0.4) is 0 Å². The van der Waals surface area contributed by atoms with Crippen molar-refractivity contribution in [3.8, 4) is 0 Å². The highest BCUT2D eigenvalue weighted by molar-refractivity contribution is 5.80. The lowest BCUT2D eigenvalue weighted by molar-refractivity contribution is -0.122. The molecule has 1 amide bonds. The van der Waals surface area contributed by atoms with Crippen molar-refractivity contribution in [1.29, 1.82) is 0 Å². The van der Waals surface area contributed by atoms with E-state index in [0.29, 0.717) is 6.04 Å². The van der Waals surface area contributed by atoms with Crippen LogP contribution in [0.4, 0.5) is 0 Å². The summed E-state index contributed by atoms with van der Waals surface area (Å²) in [7, 11) is 0. The molecule has 0 fully saturated rings. The lowest BCUT2D eigenvalue weighted by atomic mass is 10.3. The van der Waals surface area contributed by atoms with Crippen LogP contribution in [0.25, 0.3) is 0 Å². The molecule has 0 saturated carbocycles. The molecule has 0 aliphatic carbocycles. The fourth-order valence-electron chi connectivity index (χ4n) is 0.701. The molecule has 0 aromatic carbocycles. The van der Waals surface area contributed by atoms with E-state index in [-0.39, 0.29) is 11.9 Å². The highest BCUT2D eigenvalue weighted by Gasteiger charge is 2.10. The van der Waals surface area contributed by atoms with Crippen LogP contribution in [0.15, 0.2) is 0 Å². The van der Waals surface area contributed by atoms with Crippen LogP contribution in [0.5, 0.6) is 0 Å². The first-order valence-corrected chi connectivity index (χ1v) is 3.34. The molecule has 0 heterocycles. The molecule has 0 rings (SSSR count). The highest BCUT2D eigenvalue weighted by atomic mass is 16.2. The molecule has 4 N–H and O–H groups in total. The maximum absolute atomic E-state index is 10.7. The van der Waals surface area contributed by atoms with Crippen molar-refractivity contribution < 1.29 is 4.79 Å². The summed E-state index contributed by atoms with van der Waals surface area (Å²) in [6, 6.07) is 0.0808. The van der Waals surface area contributed by atoms with E-state index in [1.54, 1.807) is 6.92 Å². The van der Waals surface area contributed by atoms with Crippen LogP contribution >= 0.6 is 0 Å². The molecule has 4 nitrogen and oxygen atoms in total. The fourth-order valence-corrected chi connectivity index (χ4v) is 0.701. The van der Waals surface area contributed by atoms with Crippen LogP contribution in [-0.4, -0.2) is 18.0 Å². The van der Waals surface area contributed by atoms with Gasteiger partial charge in [0.05, 0.1) is 6.04 Å². The second-order valence-electron chi connectivity index (χ2n) is 2.55. The molecule has 0 aliphatic rings. The fraction of sp³-hybridized carbons (Fsp3) is 0.833. The number of nitrogens with two attached hydrogens (primary N) is 1. The summed E-state index contributed by atoms with van der Waals surface area (Å²) in [5.41, 5.74) is 2.07. The molecule has 0 radical (unpaired) electrons. The number of amides is 1. The van der Waals surface area contributed by atoms with Crippen molar-refractivity contribution in [2.24, 2.45) is 5.84 Å². The van der Waals surface area contributed by atoms with Gasteiger partial charge in [0.15, 0.2) is 0 Å². The second kappa shape index (κ2) is 4.24. The Morgan fingerprint density at radius 3 is 2.20 bits per heavy atom. The van der Waals surface area contributed by atoms with Crippen LogP contribution < -0.4 is 16.6 Å². The Bertz CT molecular complexity index is 114. The first-order valence-electron chi connectivity index (χ1n) is 3.34. The van der Waals surface area contributed by atoms with Gasteiger partial charge in [-0.25, -0.2) is 5.84 Å². The molecule has 10 heavy (non-hydrogen) atoms. The van der Waals surface area contributed by atoms with Gasteiger partial charge in [-0.2, -0.15) is 0 Å². The van der Waals surface area contributed by atoms with E-state index in [1.807, 2.05) is 13.8 Å². The van der Waals surface area contributed by atoms with E-state index in [1.165, 1.54) is 0 Å². The average molecular weight is 145 g/mol. The Kier molecular flexibility index (Phi) is 3.99. The van der Waals surface area contributed by atoms with Crippen molar-refractivity contribution in [2.75, 3.05) is 0 Å². The van der Waals surface area contributed by atoms with E-state index in [2.05, 4.69) is 10.7 Å². The van der Waals surface area contributed by atoms with Gasteiger partial charge in [-0.1, -0.05) is 13.8 Å². The zero-order valence-corrected chi connectivity index (χ0v) is 6.64. The molecule has 4 heteroatoms. The summed E-state index contributed by atoms with van der Waals surface area (Å²) >= 11 is 0. The molecule has 0 saturated heterocycles. The maximum atomic E-state index is 10.7. The van der Waals surface area contributed by atoms with E-state index >= 15 is 0 Å². The minimum Gasteiger partial charge on any atom is -0.304 e. The summed E-state index contributed by atoms with van der Waals surface area (Å²) in [6.45, 7) is 5.71. The number of hydrogen-bond acceptors (Lipinski definition) is 3. The summed E-state index contributed by atoms with van der Waals surface area (Å²) in [5.74, 6) is 4.72. The van der Waals surface area contributed by atoms with Gasteiger partial charge >= 0.3 is 0 Å². The molecule has 0 spiro atoms. The minimum absolute atomic E-state index is 0.186.